The molecule has 6 unspecified atom stereocenters. The lowest BCUT2D eigenvalue weighted by Crippen LogP contribution is -2.44. The van der Waals surface area contributed by atoms with Gasteiger partial charge in [0.05, 0.1) is 17.4 Å². The number of ether oxygens (including phenoxy) is 3. The Bertz CT molecular complexity index is 1690. The van der Waals surface area contributed by atoms with E-state index in [1.165, 1.54) is 0 Å². The third kappa shape index (κ3) is 6.50. The molecule has 1 saturated heterocycles. The van der Waals surface area contributed by atoms with Crippen LogP contribution in [0.3, 0.4) is 0 Å². The van der Waals surface area contributed by atoms with E-state index in [9.17, 15) is 27.4 Å². The molecule has 252 valence electrons. The van der Waals surface area contributed by atoms with E-state index < -0.39 is 58.0 Å². The van der Waals surface area contributed by atoms with Gasteiger partial charge in [-0.15, -0.1) is 0 Å². The molecule has 5 fully saturated rings. The number of benzene rings is 2. The van der Waals surface area contributed by atoms with Crippen molar-refractivity contribution in [1.82, 2.24) is 0 Å². The third-order valence-corrected chi connectivity index (χ3v) is 15.6. The van der Waals surface area contributed by atoms with Gasteiger partial charge in [-0.3, -0.25) is 14.1 Å². The number of fused-ring (bicyclic) bond motifs is 1. The Hall–Kier alpha value is -1.05. The fourth-order valence-corrected chi connectivity index (χ4v) is 12.4. The summed E-state index contributed by atoms with van der Waals surface area (Å²) in [6.45, 7) is 0. The first-order valence-electron chi connectivity index (χ1n) is 16.4. The number of rotatable bonds is 7. The average Bonchev–Trinajstić information content (AvgIpc) is 3.67. The number of carbonyl (C=O) groups excluding carboxylic acids is 3. The zero-order valence-corrected chi connectivity index (χ0v) is 32.8. The SMILES string of the molecule is O=C(OC1C2CC3C1OC(=O)C3C2C(=O)Oc1cc(C2CCCCC2)c(S(=O)(=O)O)c(C2CCCCC2)c1)c1cc(I)cc(I)c1I. The Morgan fingerprint density at radius 3 is 2.02 bits per heavy atom. The van der Waals surface area contributed by atoms with Gasteiger partial charge in [0.2, 0.25) is 0 Å². The van der Waals surface area contributed by atoms with Gasteiger partial charge in [0.25, 0.3) is 10.1 Å². The highest BCUT2D eigenvalue weighted by Gasteiger charge is 2.70. The molecule has 7 rings (SSSR count). The van der Waals surface area contributed by atoms with Crippen LogP contribution in [-0.2, 0) is 29.2 Å². The van der Waals surface area contributed by atoms with Crippen LogP contribution in [0.4, 0.5) is 0 Å². The Labute approximate surface area is 315 Å². The van der Waals surface area contributed by atoms with Crippen molar-refractivity contribution in [3.63, 3.8) is 0 Å². The highest BCUT2D eigenvalue weighted by atomic mass is 127. The number of carbonyl (C=O) groups is 3. The van der Waals surface area contributed by atoms with Gasteiger partial charge in [0.1, 0.15) is 22.9 Å². The molecule has 0 spiro atoms. The van der Waals surface area contributed by atoms with Crippen LogP contribution in [0, 0.1) is 34.4 Å². The van der Waals surface area contributed by atoms with Crippen LogP contribution in [0.1, 0.15) is 104 Å². The van der Waals surface area contributed by atoms with Crippen LogP contribution in [0.15, 0.2) is 29.2 Å². The minimum absolute atomic E-state index is 0.0231. The van der Waals surface area contributed by atoms with Gasteiger partial charge in [-0.25, -0.2) is 4.79 Å². The van der Waals surface area contributed by atoms with Crippen LogP contribution in [0.25, 0.3) is 0 Å². The van der Waals surface area contributed by atoms with Crippen molar-refractivity contribution in [2.45, 2.75) is 99.6 Å². The molecule has 0 amide bonds. The summed E-state index contributed by atoms with van der Waals surface area (Å²) in [5.41, 5.74) is 1.45. The number of halogens is 3. The Morgan fingerprint density at radius 2 is 1.45 bits per heavy atom. The predicted octanol–water partition coefficient (Wildman–Crippen LogP) is 7.78. The fourth-order valence-electron chi connectivity index (χ4n) is 8.98. The topological polar surface area (TPSA) is 133 Å². The molecule has 2 bridgehead atoms. The zero-order valence-electron chi connectivity index (χ0n) is 25.5. The van der Waals surface area contributed by atoms with Crippen LogP contribution in [0.2, 0.25) is 0 Å². The molecule has 1 N–H and O–H groups in total. The number of hydrogen-bond donors (Lipinski definition) is 1. The summed E-state index contributed by atoms with van der Waals surface area (Å²) in [7, 11) is -4.55. The highest BCUT2D eigenvalue weighted by molar-refractivity contribution is 14.1. The van der Waals surface area contributed by atoms with E-state index in [-0.39, 0.29) is 28.4 Å². The summed E-state index contributed by atoms with van der Waals surface area (Å²) >= 11 is 6.45. The molecule has 1 aliphatic heterocycles. The maximum atomic E-state index is 14.1. The van der Waals surface area contributed by atoms with Crippen LogP contribution >= 0.6 is 67.8 Å². The third-order valence-electron chi connectivity index (χ3n) is 11.0. The quantitative estimate of drug-likeness (QED) is 0.0972. The summed E-state index contributed by atoms with van der Waals surface area (Å²) in [6, 6.07) is 6.96. The Morgan fingerprint density at radius 1 is 0.851 bits per heavy atom. The summed E-state index contributed by atoms with van der Waals surface area (Å²) < 4.78 is 56.9. The maximum Gasteiger partial charge on any atom is 0.339 e. The normalized spacial score (nSPS) is 29.1. The standard InChI is InChI=1S/C34H35I3O9S/c35-18-11-24(28(37)25(36)12-18)32(38)45-29-22-15-23-27(34(40)46-30(23)29)26(22)33(39)44-19-13-20(16-7-3-1-4-8-16)31(47(41,42)43)21(14-19)17-9-5-2-6-10-17/h11-14,16-17,22-23,26-27,29-30H,1-10,15H2,(H,41,42,43). The smallest absolute Gasteiger partial charge is 0.339 e. The van der Waals surface area contributed by atoms with Gasteiger partial charge in [-0.1, -0.05) is 38.5 Å². The van der Waals surface area contributed by atoms with Crippen molar-refractivity contribution >= 4 is 95.8 Å². The van der Waals surface area contributed by atoms with E-state index in [1.54, 1.807) is 18.2 Å². The lowest BCUT2D eigenvalue weighted by atomic mass is 9.78. The van der Waals surface area contributed by atoms with Crippen molar-refractivity contribution in [1.29, 1.82) is 0 Å². The molecular formula is C34H35I3O9S. The Kier molecular flexibility index (Phi) is 9.94. The molecule has 1 heterocycles. The summed E-state index contributed by atoms with van der Waals surface area (Å²) in [5.74, 6) is -3.79. The van der Waals surface area contributed by atoms with Crippen molar-refractivity contribution in [2.24, 2.45) is 23.7 Å². The fraction of sp³-hybridized carbons (Fsp3) is 0.559. The minimum atomic E-state index is -4.55. The van der Waals surface area contributed by atoms with Gasteiger partial charge in [-0.05, 0) is 147 Å². The van der Waals surface area contributed by atoms with E-state index in [1.807, 2.05) is 6.07 Å². The minimum Gasteiger partial charge on any atom is -0.458 e. The first kappa shape index (κ1) is 34.4. The van der Waals surface area contributed by atoms with E-state index >= 15 is 0 Å². The highest BCUT2D eigenvalue weighted by Crippen LogP contribution is 2.59. The second-order valence-corrected chi connectivity index (χ2v) is 18.5. The first-order chi connectivity index (χ1) is 22.4. The molecule has 13 heteroatoms. The molecule has 4 saturated carbocycles. The van der Waals surface area contributed by atoms with Gasteiger partial charge in [0.15, 0.2) is 0 Å². The monoisotopic (exact) mass is 1000 g/mol. The molecule has 4 aliphatic carbocycles. The molecule has 2 aromatic rings. The molecule has 9 nitrogen and oxygen atoms in total. The lowest BCUT2D eigenvalue weighted by molar-refractivity contribution is -0.149. The van der Waals surface area contributed by atoms with Crippen LogP contribution in [-0.4, -0.2) is 43.1 Å². The average molecular weight is 1000 g/mol. The van der Waals surface area contributed by atoms with Gasteiger partial charge < -0.3 is 14.2 Å². The van der Waals surface area contributed by atoms with Crippen molar-refractivity contribution in [3.8, 4) is 5.75 Å². The van der Waals surface area contributed by atoms with Crippen molar-refractivity contribution < 1.29 is 41.6 Å². The molecule has 2 aromatic carbocycles. The number of hydrogen-bond acceptors (Lipinski definition) is 8. The molecule has 5 aliphatic rings. The first-order valence-corrected chi connectivity index (χ1v) is 21.0. The summed E-state index contributed by atoms with van der Waals surface area (Å²) in [4.78, 5) is 40.6. The maximum absolute atomic E-state index is 14.1. The van der Waals surface area contributed by atoms with E-state index in [0.717, 1.165) is 74.9 Å². The van der Waals surface area contributed by atoms with Crippen molar-refractivity contribution in [2.75, 3.05) is 0 Å². The number of esters is 3. The van der Waals surface area contributed by atoms with Gasteiger partial charge in [-0.2, -0.15) is 8.42 Å². The summed E-state index contributed by atoms with van der Waals surface area (Å²) in [5, 5.41) is 0. The van der Waals surface area contributed by atoms with Crippen molar-refractivity contribution in [3.05, 3.63) is 51.7 Å². The Balaban J connectivity index is 1.21. The van der Waals surface area contributed by atoms with E-state index in [0.29, 0.717) is 23.1 Å². The molecule has 47 heavy (non-hydrogen) atoms. The molecule has 0 aromatic heterocycles. The largest absolute Gasteiger partial charge is 0.458 e. The molecule has 0 radical (unpaired) electrons. The van der Waals surface area contributed by atoms with Crippen LogP contribution in [0.5, 0.6) is 5.75 Å². The predicted molar refractivity (Wildman–Crippen MR) is 196 cm³/mol. The van der Waals surface area contributed by atoms with E-state index in [4.69, 9.17) is 14.2 Å². The van der Waals surface area contributed by atoms with E-state index in [2.05, 4.69) is 67.8 Å². The van der Waals surface area contributed by atoms with Crippen LogP contribution < -0.4 is 4.74 Å². The second-order valence-electron chi connectivity index (χ2n) is 13.6. The van der Waals surface area contributed by atoms with Gasteiger partial charge >= 0.3 is 17.9 Å². The zero-order chi connectivity index (χ0) is 33.2. The van der Waals surface area contributed by atoms with Gasteiger partial charge in [0, 0.05) is 22.5 Å². The molecule has 6 atom stereocenters. The lowest BCUT2D eigenvalue weighted by Gasteiger charge is -2.31. The second kappa shape index (κ2) is 13.6. The summed E-state index contributed by atoms with van der Waals surface area (Å²) in [6.07, 6.45) is 8.22. The molecular weight excluding hydrogens is 965 g/mol.